The van der Waals surface area contributed by atoms with E-state index in [0.29, 0.717) is 34.2 Å². The Hall–Kier alpha value is -5.93. The average Bonchev–Trinajstić information content (AvgIpc) is 3.73. The highest BCUT2D eigenvalue weighted by atomic mass is 79.9. The van der Waals surface area contributed by atoms with Crippen LogP contribution in [0.15, 0.2) is 144 Å². The first-order chi connectivity index (χ1) is 23.4. The van der Waals surface area contributed by atoms with Crippen molar-refractivity contribution in [2.75, 3.05) is 23.4 Å². The molecule has 5 aromatic carbocycles. The van der Waals surface area contributed by atoms with Crippen molar-refractivity contribution in [3.63, 3.8) is 0 Å². The quantitative estimate of drug-likeness (QED) is 0.186. The average molecular weight is 693 g/mol. The van der Waals surface area contributed by atoms with Crippen LogP contribution in [0.5, 0.6) is 0 Å². The van der Waals surface area contributed by atoms with Crippen molar-refractivity contribution >= 4 is 39.2 Å². The smallest absolute Gasteiger partial charge is 0.246 e. The van der Waals surface area contributed by atoms with E-state index >= 15 is 4.79 Å². The van der Waals surface area contributed by atoms with Crippen molar-refractivity contribution in [2.45, 2.75) is 5.41 Å². The Labute approximate surface area is 286 Å². The van der Waals surface area contributed by atoms with Gasteiger partial charge in [-0.25, -0.2) is 9.36 Å². The maximum absolute atomic E-state index is 15.5. The summed E-state index contributed by atoms with van der Waals surface area (Å²) in [7, 11) is 1.79. The summed E-state index contributed by atoms with van der Waals surface area (Å²) in [4.78, 5) is 17.2. The van der Waals surface area contributed by atoms with E-state index in [2.05, 4.69) is 15.9 Å². The van der Waals surface area contributed by atoms with Crippen LogP contribution in [0.25, 0.3) is 33.9 Å². The third-order valence-electron chi connectivity index (χ3n) is 9.04. The van der Waals surface area contributed by atoms with Crippen LogP contribution in [-0.4, -0.2) is 32.5 Å². The number of para-hydroxylation sites is 2. The van der Waals surface area contributed by atoms with Gasteiger partial charge >= 0.3 is 0 Å². The van der Waals surface area contributed by atoms with E-state index in [1.54, 1.807) is 21.3 Å². The number of nitrogens with zero attached hydrogens (tertiary/aromatic N) is 5. The van der Waals surface area contributed by atoms with Crippen molar-refractivity contribution in [1.82, 2.24) is 19.6 Å². The molecule has 0 saturated carbocycles. The maximum atomic E-state index is 15.5. The van der Waals surface area contributed by atoms with Crippen LogP contribution < -0.4 is 16.4 Å². The van der Waals surface area contributed by atoms with Gasteiger partial charge in [0, 0.05) is 45.0 Å². The fourth-order valence-corrected chi connectivity index (χ4v) is 7.28. The van der Waals surface area contributed by atoms with Crippen LogP contribution in [0.3, 0.4) is 0 Å². The number of benzene rings is 5. The molecule has 234 valence electrons. The van der Waals surface area contributed by atoms with Gasteiger partial charge in [-0.05, 0) is 42.5 Å². The van der Waals surface area contributed by atoms with Gasteiger partial charge in [-0.2, -0.15) is 10.2 Å². The SMILES string of the molecule is CN1C(=O)C(c2c(-c3ccccc3)nn(-c3ccccc3)c2N)(c2c(-c3ccccc3)nn(-c3ccccc3)c2N)c2cc(Br)ccc21. The molecule has 1 aliphatic heterocycles. The number of nitrogen functional groups attached to an aromatic ring is 2. The summed E-state index contributed by atoms with van der Waals surface area (Å²) in [5, 5.41) is 10.3. The molecular formula is C39H30BrN7O. The summed E-state index contributed by atoms with van der Waals surface area (Å²) < 4.78 is 4.23. The zero-order valence-corrected chi connectivity index (χ0v) is 27.5. The van der Waals surface area contributed by atoms with Gasteiger partial charge in [0.05, 0.1) is 22.8 Å². The minimum atomic E-state index is -1.56. The Morgan fingerprint density at radius 3 is 1.46 bits per heavy atom. The van der Waals surface area contributed by atoms with Crippen molar-refractivity contribution in [3.8, 4) is 33.9 Å². The van der Waals surface area contributed by atoms with Crippen LogP contribution in [0, 0.1) is 0 Å². The van der Waals surface area contributed by atoms with E-state index in [-0.39, 0.29) is 5.91 Å². The Bertz CT molecular complexity index is 2170. The molecule has 9 heteroatoms. The highest BCUT2D eigenvalue weighted by molar-refractivity contribution is 9.10. The first-order valence-corrected chi connectivity index (χ1v) is 16.3. The van der Waals surface area contributed by atoms with E-state index < -0.39 is 5.41 Å². The minimum absolute atomic E-state index is 0.219. The molecule has 4 N–H and O–H groups in total. The second-order valence-electron chi connectivity index (χ2n) is 11.7. The number of halogens is 1. The largest absolute Gasteiger partial charge is 0.383 e. The maximum Gasteiger partial charge on any atom is 0.246 e. The second kappa shape index (κ2) is 11.4. The molecule has 0 fully saturated rings. The molecule has 0 saturated heterocycles. The van der Waals surface area contributed by atoms with Crippen molar-refractivity contribution in [2.24, 2.45) is 0 Å². The summed E-state index contributed by atoms with van der Waals surface area (Å²) in [5.74, 6) is 0.421. The fourth-order valence-electron chi connectivity index (χ4n) is 6.92. The molecular weight excluding hydrogens is 662 g/mol. The van der Waals surface area contributed by atoms with Crippen LogP contribution in [-0.2, 0) is 10.2 Å². The number of hydrogen-bond donors (Lipinski definition) is 2. The fraction of sp³-hybridized carbons (Fsp3) is 0.0513. The zero-order valence-electron chi connectivity index (χ0n) is 26.0. The Morgan fingerprint density at radius 1 is 0.604 bits per heavy atom. The van der Waals surface area contributed by atoms with Crippen molar-refractivity contribution in [3.05, 3.63) is 161 Å². The van der Waals surface area contributed by atoms with Crippen LogP contribution in [0.1, 0.15) is 16.7 Å². The molecule has 0 unspecified atom stereocenters. The Balaban J connectivity index is 1.59. The molecule has 48 heavy (non-hydrogen) atoms. The summed E-state index contributed by atoms with van der Waals surface area (Å²) >= 11 is 3.72. The van der Waals surface area contributed by atoms with E-state index in [4.69, 9.17) is 21.7 Å². The molecule has 3 heterocycles. The topological polar surface area (TPSA) is 108 Å². The molecule has 0 atom stereocenters. The summed E-state index contributed by atoms with van der Waals surface area (Å²) in [6.07, 6.45) is 0. The number of amides is 1. The summed E-state index contributed by atoms with van der Waals surface area (Å²) in [6, 6.07) is 44.9. The normalized spacial score (nSPS) is 13.5. The van der Waals surface area contributed by atoms with Gasteiger partial charge in [-0.1, -0.05) is 113 Å². The molecule has 7 aromatic rings. The number of hydrogen-bond acceptors (Lipinski definition) is 5. The summed E-state index contributed by atoms with van der Waals surface area (Å²) in [5.41, 5.74) is 19.8. The predicted octanol–water partition coefficient (Wildman–Crippen LogP) is 7.63. The minimum Gasteiger partial charge on any atom is -0.383 e. The van der Waals surface area contributed by atoms with Crippen LogP contribution >= 0.6 is 15.9 Å². The van der Waals surface area contributed by atoms with Gasteiger partial charge in [0.15, 0.2) is 0 Å². The summed E-state index contributed by atoms with van der Waals surface area (Å²) in [6.45, 7) is 0. The number of anilines is 3. The van der Waals surface area contributed by atoms with Gasteiger partial charge in [0.2, 0.25) is 5.91 Å². The third-order valence-corrected chi connectivity index (χ3v) is 9.53. The third kappa shape index (κ3) is 4.31. The monoisotopic (exact) mass is 691 g/mol. The lowest BCUT2D eigenvalue weighted by molar-refractivity contribution is -0.120. The molecule has 0 radical (unpaired) electrons. The van der Waals surface area contributed by atoms with Crippen molar-refractivity contribution < 1.29 is 4.79 Å². The molecule has 0 spiro atoms. The molecule has 0 bridgehead atoms. The van der Waals surface area contributed by atoms with E-state index in [1.165, 1.54) is 0 Å². The lowest BCUT2D eigenvalue weighted by Crippen LogP contribution is -2.42. The van der Waals surface area contributed by atoms with Crippen LogP contribution in [0.2, 0.25) is 0 Å². The van der Waals surface area contributed by atoms with Crippen molar-refractivity contribution in [1.29, 1.82) is 0 Å². The predicted molar refractivity (Wildman–Crippen MR) is 194 cm³/mol. The number of fused-ring (bicyclic) bond motifs is 1. The number of carbonyl (C=O) groups excluding carboxylic acids is 1. The van der Waals surface area contributed by atoms with Gasteiger partial charge in [0.1, 0.15) is 17.1 Å². The molecule has 8 nitrogen and oxygen atoms in total. The Morgan fingerprint density at radius 2 is 1.02 bits per heavy atom. The first-order valence-electron chi connectivity index (χ1n) is 15.5. The second-order valence-corrected chi connectivity index (χ2v) is 12.6. The molecule has 8 rings (SSSR count). The lowest BCUT2D eigenvalue weighted by atomic mass is 9.68. The molecule has 0 aliphatic carbocycles. The first kappa shape index (κ1) is 29.5. The Kier molecular flexibility index (Phi) is 7.00. The number of carbonyl (C=O) groups is 1. The standard InChI is InChI=1S/C39H30BrN7O/c1-45-31-23-22-27(40)24-30(31)39(38(45)48,32-34(25-14-6-2-7-15-25)43-46(36(32)41)28-18-10-4-11-19-28)33-35(26-16-8-3-9-17-26)44-47(37(33)42)29-20-12-5-13-21-29/h2-24H,41-42H2,1H3. The number of rotatable bonds is 6. The molecule has 1 aliphatic rings. The number of aromatic nitrogens is 4. The number of likely N-dealkylation sites (N-methyl/N-ethyl adjacent to an activating group) is 1. The lowest BCUT2D eigenvalue weighted by Gasteiger charge is -2.30. The number of nitrogens with two attached hydrogens (primary N) is 2. The van der Waals surface area contributed by atoms with Gasteiger partial charge in [-0.15, -0.1) is 0 Å². The van der Waals surface area contributed by atoms with Gasteiger partial charge < -0.3 is 16.4 Å². The van der Waals surface area contributed by atoms with E-state index in [1.807, 2.05) is 140 Å². The van der Waals surface area contributed by atoms with E-state index in [9.17, 15) is 0 Å². The van der Waals surface area contributed by atoms with E-state index in [0.717, 1.165) is 38.2 Å². The zero-order chi connectivity index (χ0) is 33.0. The molecule has 2 aromatic heterocycles. The highest BCUT2D eigenvalue weighted by Crippen LogP contribution is 2.58. The van der Waals surface area contributed by atoms with Gasteiger partial charge in [0.25, 0.3) is 0 Å². The highest BCUT2D eigenvalue weighted by Gasteiger charge is 2.59. The van der Waals surface area contributed by atoms with Crippen LogP contribution in [0.4, 0.5) is 17.3 Å². The van der Waals surface area contributed by atoms with Gasteiger partial charge in [-0.3, -0.25) is 4.79 Å². The molecule has 1 amide bonds.